The van der Waals surface area contributed by atoms with E-state index in [4.69, 9.17) is 4.74 Å². The van der Waals surface area contributed by atoms with Crippen molar-refractivity contribution in [2.24, 2.45) is 0 Å². The molecule has 2 rings (SSSR count). The molecule has 0 radical (unpaired) electrons. The quantitative estimate of drug-likeness (QED) is 0.666. The highest BCUT2D eigenvalue weighted by Gasteiger charge is 2.21. The van der Waals surface area contributed by atoms with Gasteiger partial charge in [0.15, 0.2) is 6.23 Å². The largest absolute Gasteiger partial charge is 0.344 e. The summed E-state index contributed by atoms with van der Waals surface area (Å²) in [6.45, 7) is 0.166. The van der Waals surface area contributed by atoms with Gasteiger partial charge in [-0.25, -0.2) is 0 Å². The van der Waals surface area contributed by atoms with Crippen molar-refractivity contribution in [1.29, 1.82) is 0 Å². The van der Waals surface area contributed by atoms with Crippen LogP contribution in [0.3, 0.4) is 0 Å². The molecular formula is C9H9NO2. The number of ether oxygens (including phenoxy) is 1. The van der Waals surface area contributed by atoms with Gasteiger partial charge in [-0.2, -0.15) is 0 Å². The zero-order valence-corrected chi connectivity index (χ0v) is 6.49. The van der Waals surface area contributed by atoms with Gasteiger partial charge in [0.2, 0.25) is 5.91 Å². The number of carbonyl (C=O) groups excluding carboxylic acids is 1. The maximum atomic E-state index is 10.8. The second-order valence-corrected chi connectivity index (χ2v) is 2.67. The molecule has 1 unspecified atom stereocenters. The number of amides is 1. The van der Waals surface area contributed by atoms with Gasteiger partial charge in [0, 0.05) is 5.56 Å². The van der Waals surface area contributed by atoms with Crippen molar-refractivity contribution in [3.8, 4) is 0 Å². The van der Waals surface area contributed by atoms with Gasteiger partial charge in [0.1, 0.15) is 6.61 Å². The van der Waals surface area contributed by atoms with Crippen LogP contribution in [-0.2, 0) is 9.53 Å². The van der Waals surface area contributed by atoms with E-state index in [2.05, 4.69) is 5.32 Å². The van der Waals surface area contributed by atoms with Crippen LogP contribution in [0.25, 0.3) is 0 Å². The molecule has 1 heterocycles. The Hall–Kier alpha value is -1.35. The summed E-state index contributed by atoms with van der Waals surface area (Å²) in [7, 11) is 0. The van der Waals surface area contributed by atoms with Crippen LogP contribution in [0.1, 0.15) is 11.8 Å². The van der Waals surface area contributed by atoms with Crippen LogP contribution < -0.4 is 5.32 Å². The number of hydrogen-bond acceptors (Lipinski definition) is 2. The van der Waals surface area contributed by atoms with Gasteiger partial charge >= 0.3 is 0 Å². The molecule has 3 heteroatoms. The molecule has 0 bridgehead atoms. The summed E-state index contributed by atoms with van der Waals surface area (Å²) in [5.74, 6) is -0.0520. The van der Waals surface area contributed by atoms with Crippen LogP contribution in [0.2, 0.25) is 0 Å². The molecule has 12 heavy (non-hydrogen) atoms. The summed E-state index contributed by atoms with van der Waals surface area (Å²) in [5, 5.41) is 2.71. The van der Waals surface area contributed by atoms with Crippen LogP contribution in [0.5, 0.6) is 0 Å². The summed E-state index contributed by atoms with van der Waals surface area (Å²) in [4.78, 5) is 10.8. The van der Waals surface area contributed by atoms with Crippen molar-refractivity contribution in [2.45, 2.75) is 6.23 Å². The fourth-order valence-electron chi connectivity index (χ4n) is 1.20. The minimum Gasteiger partial charge on any atom is -0.344 e. The van der Waals surface area contributed by atoms with Gasteiger partial charge in [-0.05, 0) is 0 Å². The third-order valence-electron chi connectivity index (χ3n) is 1.78. The lowest BCUT2D eigenvalue weighted by atomic mass is 10.2. The lowest BCUT2D eigenvalue weighted by molar-refractivity contribution is -0.119. The first kappa shape index (κ1) is 7.31. The van der Waals surface area contributed by atoms with Crippen LogP contribution in [0, 0.1) is 0 Å². The minimum absolute atomic E-state index is 0.0520. The number of hydrogen-bond donors (Lipinski definition) is 1. The number of rotatable bonds is 1. The molecule has 1 fully saturated rings. The van der Waals surface area contributed by atoms with Crippen LogP contribution in [0.4, 0.5) is 0 Å². The van der Waals surface area contributed by atoms with E-state index in [9.17, 15) is 4.79 Å². The molecule has 1 N–H and O–H groups in total. The summed E-state index contributed by atoms with van der Waals surface area (Å²) in [5.41, 5.74) is 0.989. The molecule has 1 amide bonds. The molecule has 0 spiro atoms. The van der Waals surface area contributed by atoms with Crippen molar-refractivity contribution in [3.05, 3.63) is 35.9 Å². The Labute approximate surface area is 70.3 Å². The van der Waals surface area contributed by atoms with Gasteiger partial charge in [0.05, 0.1) is 0 Å². The molecule has 1 atom stereocenters. The predicted octanol–water partition coefficient (Wildman–Crippen LogP) is 0.832. The van der Waals surface area contributed by atoms with E-state index >= 15 is 0 Å². The van der Waals surface area contributed by atoms with Crippen molar-refractivity contribution in [1.82, 2.24) is 5.32 Å². The Morgan fingerprint density at radius 3 is 2.67 bits per heavy atom. The van der Waals surface area contributed by atoms with Crippen molar-refractivity contribution in [2.75, 3.05) is 6.61 Å². The van der Waals surface area contributed by atoms with Gasteiger partial charge in [-0.1, -0.05) is 30.3 Å². The normalized spacial score (nSPS) is 22.3. The standard InChI is InChI=1S/C9H9NO2/c11-8-6-12-9(10-8)7-4-2-1-3-5-7/h1-5,9H,6H2,(H,10,11). The van der Waals surface area contributed by atoms with Crippen LogP contribution >= 0.6 is 0 Å². The van der Waals surface area contributed by atoms with E-state index in [-0.39, 0.29) is 18.7 Å². The Kier molecular flexibility index (Phi) is 1.80. The maximum Gasteiger partial charge on any atom is 0.248 e. The van der Waals surface area contributed by atoms with Crippen molar-refractivity contribution >= 4 is 5.91 Å². The first-order valence-electron chi connectivity index (χ1n) is 3.82. The van der Waals surface area contributed by atoms with Crippen LogP contribution in [-0.4, -0.2) is 12.5 Å². The summed E-state index contributed by atoms with van der Waals surface area (Å²) < 4.78 is 5.19. The predicted molar refractivity (Wildman–Crippen MR) is 43.3 cm³/mol. The highest BCUT2D eigenvalue weighted by atomic mass is 16.5. The molecule has 1 saturated heterocycles. The Morgan fingerprint density at radius 1 is 1.33 bits per heavy atom. The summed E-state index contributed by atoms with van der Waals surface area (Å²) in [6.07, 6.45) is -0.251. The monoisotopic (exact) mass is 163 g/mol. The second-order valence-electron chi connectivity index (χ2n) is 2.67. The van der Waals surface area contributed by atoms with E-state index in [0.717, 1.165) is 5.56 Å². The van der Waals surface area contributed by atoms with Gasteiger partial charge in [-0.15, -0.1) is 0 Å². The molecule has 1 aromatic rings. The molecule has 1 aromatic carbocycles. The van der Waals surface area contributed by atoms with Crippen LogP contribution in [0.15, 0.2) is 30.3 Å². The van der Waals surface area contributed by atoms with Crippen molar-refractivity contribution < 1.29 is 9.53 Å². The average Bonchev–Trinajstić information content (AvgIpc) is 2.54. The SMILES string of the molecule is O=C1COC(c2ccccc2)N1. The van der Waals surface area contributed by atoms with E-state index in [1.165, 1.54) is 0 Å². The van der Waals surface area contributed by atoms with Gasteiger partial charge in [-0.3, -0.25) is 4.79 Å². The molecule has 62 valence electrons. The fraction of sp³-hybridized carbons (Fsp3) is 0.222. The molecule has 1 aliphatic rings. The summed E-state index contributed by atoms with van der Waals surface area (Å²) in [6, 6.07) is 9.62. The number of benzene rings is 1. The van der Waals surface area contributed by atoms with E-state index in [0.29, 0.717) is 0 Å². The number of nitrogens with one attached hydrogen (secondary N) is 1. The lowest BCUT2D eigenvalue weighted by Crippen LogP contribution is -2.19. The van der Waals surface area contributed by atoms with E-state index in [1.54, 1.807) is 0 Å². The highest BCUT2D eigenvalue weighted by Crippen LogP contribution is 2.16. The smallest absolute Gasteiger partial charge is 0.248 e. The topological polar surface area (TPSA) is 38.3 Å². The first-order valence-corrected chi connectivity index (χ1v) is 3.82. The van der Waals surface area contributed by atoms with Gasteiger partial charge in [0.25, 0.3) is 0 Å². The molecule has 3 nitrogen and oxygen atoms in total. The van der Waals surface area contributed by atoms with Gasteiger partial charge < -0.3 is 10.1 Å². The zero-order chi connectivity index (χ0) is 8.39. The van der Waals surface area contributed by atoms with E-state index < -0.39 is 0 Å². The Bertz CT molecular complexity index is 284. The third-order valence-corrected chi connectivity index (χ3v) is 1.78. The zero-order valence-electron chi connectivity index (χ0n) is 6.49. The highest BCUT2D eigenvalue weighted by molar-refractivity contribution is 5.79. The molecule has 0 saturated carbocycles. The van der Waals surface area contributed by atoms with E-state index in [1.807, 2.05) is 30.3 Å². The average molecular weight is 163 g/mol. The Balaban J connectivity index is 2.16. The third kappa shape index (κ3) is 1.31. The first-order chi connectivity index (χ1) is 5.86. The van der Waals surface area contributed by atoms with Crippen molar-refractivity contribution in [3.63, 3.8) is 0 Å². The fourth-order valence-corrected chi connectivity index (χ4v) is 1.20. The maximum absolute atomic E-state index is 10.8. The minimum atomic E-state index is -0.251. The number of carbonyl (C=O) groups is 1. The molecule has 0 aromatic heterocycles. The Morgan fingerprint density at radius 2 is 2.08 bits per heavy atom. The molecule has 0 aliphatic carbocycles. The molecule has 1 aliphatic heterocycles. The second kappa shape index (κ2) is 2.95. The molecular weight excluding hydrogens is 154 g/mol. The lowest BCUT2D eigenvalue weighted by Gasteiger charge is -2.08. The summed E-state index contributed by atoms with van der Waals surface area (Å²) >= 11 is 0.